The molecule has 9 atom stereocenters. The average Bonchev–Trinajstić information content (AvgIpc) is 3.74. The topological polar surface area (TPSA) is 208 Å². The Hall–Kier alpha value is -3.93. The van der Waals surface area contributed by atoms with Crippen LogP contribution in [0, 0.1) is 10.8 Å². The predicted molar refractivity (Wildman–Crippen MR) is 160 cm³/mol. The van der Waals surface area contributed by atoms with Crippen molar-refractivity contribution in [2.75, 3.05) is 26.6 Å². The lowest BCUT2D eigenvalue weighted by Crippen LogP contribution is -2.71. The largest absolute Gasteiger partial charge is 0.462 e. The molecule has 0 aromatic heterocycles. The van der Waals surface area contributed by atoms with Gasteiger partial charge in [0.2, 0.25) is 17.9 Å². The molecular weight excluding hydrogens is 634 g/mol. The van der Waals surface area contributed by atoms with Gasteiger partial charge in [-0.25, -0.2) is 9.59 Å². The number of cyclic esters (lactones) is 1. The zero-order chi connectivity index (χ0) is 34.4. The van der Waals surface area contributed by atoms with E-state index >= 15 is 0 Å². The number of carbonyl (C=O) groups excluding carboxylic acids is 5. The molecule has 2 amide bonds. The van der Waals surface area contributed by atoms with Crippen LogP contribution < -0.4 is 10.6 Å². The second-order valence-electron chi connectivity index (χ2n) is 13.3. The van der Waals surface area contributed by atoms with E-state index in [4.69, 9.17) is 33.6 Å². The van der Waals surface area contributed by atoms with Gasteiger partial charge in [0.25, 0.3) is 0 Å². The third kappa shape index (κ3) is 5.97. The van der Waals surface area contributed by atoms with E-state index in [1.54, 1.807) is 38.1 Å². The molecule has 16 heteroatoms. The van der Waals surface area contributed by atoms with E-state index in [2.05, 4.69) is 10.6 Å². The Morgan fingerprint density at radius 3 is 2.60 bits per heavy atom. The number of ether oxygens (including phenoxy) is 5. The van der Waals surface area contributed by atoms with Crippen molar-refractivity contribution in [1.29, 1.82) is 0 Å². The van der Waals surface area contributed by atoms with Crippen LogP contribution in [-0.4, -0.2) is 120 Å². The number of hydrogen-bond acceptors (Lipinski definition) is 14. The van der Waals surface area contributed by atoms with Gasteiger partial charge in [-0.15, -0.1) is 0 Å². The molecule has 260 valence electrons. The SMILES string of the molecule is C[C@H](O)[C@@H](NC(=O)[C@@]12C[C@H]3OC(=O)[C@@H]1N(Cc1ccccc1C=CC(=O)O[C@H]1C(=O)OCC1(C)C)O[C@@H]2[C@H]1OCO[C@H]13)C(=O)NCCO. The Bertz CT molecular complexity index is 1500. The van der Waals surface area contributed by atoms with Gasteiger partial charge < -0.3 is 44.5 Å². The first kappa shape index (κ1) is 34.0. The van der Waals surface area contributed by atoms with Crippen molar-refractivity contribution in [2.24, 2.45) is 10.8 Å². The molecule has 5 fully saturated rings. The molecule has 1 saturated carbocycles. The van der Waals surface area contributed by atoms with Gasteiger partial charge in [0.1, 0.15) is 49.3 Å². The number of hydroxylamine groups is 2. The van der Waals surface area contributed by atoms with Crippen molar-refractivity contribution in [3.05, 3.63) is 41.5 Å². The molecule has 4 aliphatic heterocycles. The number of amides is 2. The van der Waals surface area contributed by atoms with E-state index in [0.29, 0.717) is 11.1 Å². The van der Waals surface area contributed by atoms with E-state index < -0.39 is 89.3 Å². The lowest BCUT2D eigenvalue weighted by Gasteiger charge is -2.49. The van der Waals surface area contributed by atoms with Crippen molar-refractivity contribution in [1.82, 2.24) is 15.7 Å². The Balaban J connectivity index is 1.27. The predicted octanol–water partition coefficient (Wildman–Crippen LogP) is -1.29. The van der Waals surface area contributed by atoms with Gasteiger partial charge in [-0.3, -0.25) is 19.2 Å². The van der Waals surface area contributed by atoms with Crippen molar-refractivity contribution in [3.8, 4) is 0 Å². The van der Waals surface area contributed by atoms with Crippen LogP contribution >= 0.6 is 0 Å². The van der Waals surface area contributed by atoms with E-state index in [-0.39, 0.29) is 39.5 Å². The van der Waals surface area contributed by atoms with Gasteiger partial charge in [0.15, 0.2) is 6.04 Å². The van der Waals surface area contributed by atoms with Gasteiger partial charge in [0, 0.05) is 24.5 Å². The molecule has 0 spiro atoms. The smallest absolute Gasteiger partial charge is 0.348 e. The summed E-state index contributed by atoms with van der Waals surface area (Å²) >= 11 is 0. The highest BCUT2D eigenvalue weighted by Gasteiger charge is 2.75. The molecule has 0 radical (unpaired) electrons. The summed E-state index contributed by atoms with van der Waals surface area (Å²) in [7, 11) is 0. The number of carbonyl (C=O) groups is 5. The van der Waals surface area contributed by atoms with E-state index in [0.717, 1.165) is 0 Å². The summed E-state index contributed by atoms with van der Waals surface area (Å²) in [6.45, 7) is 4.40. The highest BCUT2D eigenvalue weighted by Crippen LogP contribution is 2.55. The molecule has 6 rings (SSSR count). The Morgan fingerprint density at radius 2 is 1.90 bits per heavy atom. The highest BCUT2D eigenvalue weighted by atomic mass is 16.8. The second kappa shape index (κ2) is 13.2. The first-order valence-corrected chi connectivity index (χ1v) is 15.8. The van der Waals surface area contributed by atoms with E-state index in [1.165, 1.54) is 24.1 Å². The number of hydrogen-bond donors (Lipinski definition) is 4. The maximum atomic E-state index is 14.3. The van der Waals surface area contributed by atoms with Crippen LogP contribution in [0.1, 0.15) is 38.3 Å². The van der Waals surface area contributed by atoms with Gasteiger partial charge in [-0.2, -0.15) is 5.06 Å². The van der Waals surface area contributed by atoms with Crippen LogP contribution in [0.5, 0.6) is 0 Å². The van der Waals surface area contributed by atoms with Gasteiger partial charge in [-0.05, 0) is 24.1 Å². The minimum atomic E-state index is -1.60. The second-order valence-corrected chi connectivity index (χ2v) is 13.3. The first-order valence-electron chi connectivity index (χ1n) is 15.8. The molecule has 1 aromatic rings. The minimum absolute atomic E-state index is 0.000931. The van der Waals surface area contributed by atoms with Crippen molar-refractivity contribution in [2.45, 2.75) is 82.4 Å². The number of rotatable bonds is 11. The lowest BCUT2D eigenvalue weighted by atomic mass is 9.62. The Labute approximate surface area is 275 Å². The van der Waals surface area contributed by atoms with Crippen LogP contribution in [0.4, 0.5) is 0 Å². The molecular formula is C32H39N3O13. The standard InChI is InChI=1S/C32H39N3O13/c1-16(37)21(27(39)33-10-11-36)34-30(42)32-12-19-22-23(45-15-44-22)25(32)48-35(24(32)28(40)46-19)13-18-7-5-4-6-17(18)8-9-20(38)47-26-29(41)43-14-31(26,2)3/h4-9,16,19,21-26,36-37H,10-15H2,1-3H3,(H,33,39)(H,34,42)/t16-,19+,21+,22-,23-,24-,25+,26-,32-/m0/s1. The maximum Gasteiger partial charge on any atom is 0.348 e. The summed E-state index contributed by atoms with van der Waals surface area (Å²) in [5.74, 6) is -3.53. The van der Waals surface area contributed by atoms with Gasteiger partial charge in [-0.1, -0.05) is 38.1 Å². The fourth-order valence-corrected chi connectivity index (χ4v) is 7.06. The zero-order valence-corrected chi connectivity index (χ0v) is 26.7. The summed E-state index contributed by atoms with van der Waals surface area (Å²) in [5, 5.41) is 26.0. The Kier molecular flexibility index (Phi) is 9.32. The van der Waals surface area contributed by atoms with Gasteiger partial charge >= 0.3 is 17.9 Å². The summed E-state index contributed by atoms with van der Waals surface area (Å²) in [6.07, 6.45) is -3.01. The number of esters is 3. The van der Waals surface area contributed by atoms with Crippen molar-refractivity contribution < 1.29 is 62.7 Å². The van der Waals surface area contributed by atoms with Crippen LogP contribution in [-0.2, 0) is 59.0 Å². The fourth-order valence-electron chi connectivity index (χ4n) is 7.06. The first-order chi connectivity index (χ1) is 22.9. The maximum absolute atomic E-state index is 14.3. The molecule has 4 saturated heterocycles. The number of aliphatic hydroxyl groups is 2. The summed E-state index contributed by atoms with van der Waals surface area (Å²) in [5.41, 5.74) is -1.10. The van der Waals surface area contributed by atoms with Crippen LogP contribution in [0.25, 0.3) is 6.08 Å². The lowest BCUT2D eigenvalue weighted by molar-refractivity contribution is -0.201. The highest BCUT2D eigenvalue weighted by molar-refractivity contribution is 5.96. The van der Waals surface area contributed by atoms with Crippen LogP contribution in [0.3, 0.4) is 0 Å². The van der Waals surface area contributed by atoms with E-state index in [9.17, 15) is 29.1 Å². The molecule has 2 bridgehead atoms. The number of nitrogens with one attached hydrogen (secondary N) is 2. The van der Waals surface area contributed by atoms with Gasteiger partial charge in [0.05, 0.1) is 19.3 Å². The third-order valence-electron chi connectivity index (χ3n) is 9.48. The van der Waals surface area contributed by atoms with Crippen molar-refractivity contribution >= 4 is 35.8 Å². The zero-order valence-electron chi connectivity index (χ0n) is 26.7. The number of fused-ring (bicyclic) bond motifs is 4. The van der Waals surface area contributed by atoms with Crippen LogP contribution in [0.15, 0.2) is 30.3 Å². The van der Waals surface area contributed by atoms with Crippen LogP contribution in [0.2, 0.25) is 0 Å². The molecule has 5 aliphatic rings. The number of aliphatic hydroxyl groups excluding tert-OH is 2. The average molecular weight is 674 g/mol. The molecule has 16 nitrogen and oxygen atoms in total. The molecule has 4 heterocycles. The minimum Gasteiger partial charge on any atom is -0.462 e. The quantitative estimate of drug-likeness (QED) is 0.123. The summed E-state index contributed by atoms with van der Waals surface area (Å²) in [4.78, 5) is 72.0. The molecule has 1 aliphatic carbocycles. The molecule has 1 aromatic carbocycles. The molecule has 4 N–H and O–H groups in total. The molecule has 0 unspecified atom stereocenters. The van der Waals surface area contributed by atoms with E-state index in [1.807, 2.05) is 0 Å². The summed E-state index contributed by atoms with van der Waals surface area (Å²) in [6, 6.07) is 4.31. The van der Waals surface area contributed by atoms with Crippen molar-refractivity contribution in [3.63, 3.8) is 0 Å². The molecule has 48 heavy (non-hydrogen) atoms. The normalized spacial score (nSPS) is 33.0. The number of benzene rings is 1. The number of nitrogens with zero attached hydrogens (tertiary/aromatic N) is 1. The fraction of sp³-hybridized carbons (Fsp3) is 0.594. The third-order valence-corrected chi connectivity index (χ3v) is 9.48. The summed E-state index contributed by atoms with van der Waals surface area (Å²) < 4.78 is 27.8. The monoisotopic (exact) mass is 673 g/mol. The Morgan fingerprint density at radius 1 is 1.15 bits per heavy atom.